The van der Waals surface area contributed by atoms with Gasteiger partial charge >= 0.3 is 6.03 Å². The van der Waals surface area contributed by atoms with Crippen molar-refractivity contribution in [1.29, 1.82) is 0 Å². The number of carbonyl (C=O) groups is 1. The van der Waals surface area contributed by atoms with E-state index in [9.17, 15) is 13.6 Å². The van der Waals surface area contributed by atoms with E-state index in [1.165, 1.54) is 6.07 Å². The highest BCUT2D eigenvalue weighted by molar-refractivity contribution is 5.89. The van der Waals surface area contributed by atoms with Gasteiger partial charge in [-0.25, -0.2) is 13.6 Å². The molecule has 1 aliphatic heterocycles. The third kappa shape index (κ3) is 4.55. The highest BCUT2D eigenvalue weighted by atomic mass is 19.1. The number of aromatic nitrogens is 2. The van der Waals surface area contributed by atoms with Crippen LogP contribution in [0.25, 0.3) is 11.3 Å². The van der Waals surface area contributed by atoms with Gasteiger partial charge in [-0.3, -0.25) is 0 Å². The number of methoxy groups -OCH3 is 1. The number of benzene rings is 2. The Kier molecular flexibility index (Phi) is 5.92. The molecule has 2 aromatic carbocycles. The van der Waals surface area contributed by atoms with Gasteiger partial charge in [0, 0.05) is 37.8 Å². The van der Waals surface area contributed by atoms with Crippen LogP contribution in [0.5, 0.6) is 5.75 Å². The molecular weight excluding hydrogens is 404 g/mol. The normalized spacial score (nSPS) is 13.8. The third-order valence-electron chi connectivity index (χ3n) is 5.10. The lowest BCUT2D eigenvalue weighted by molar-refractivity contribution is 0.208. The van der Waals surface area contributed by atoms with Crippen molar-refractivity contribution in [3.05, 3.63) is 66.2 Å². The molecule has 0 atom stereocenters. The number of piperazine rings is 1. The van der Waals surface area contributed by atoms with Crippen LogP contribution in [-0.2, 0) is 0 Å². The van der Waals surface area contributed by atoms with E-state index in [4.69, 9.17) is 4.74 Å². The minimum Gasteiger partial charge on any atom is -0.496 e. The first-order valence-electron chi connectivity index (χ1n) is 9.78. The molecule has 2 amide bonds. The fraction of sp³-hybridized carbons (Fsp3) is 0.227. The first-order chi connectivity index (χ1) is 15.0. The van der Waals surface area contributed by atoms with Crippen LogP contribution < -0.4 is 15.0 Å². The van der Waals surface area contributed by atoms with Gasteiger partial charge in [-0.1, -0.05) is 12.1 Å². The topological polar surface area (TPSA) is 70.6 Å². The molecule has 0 aliphatic carbocycles. The Hall–Kier alpha value is -3.75. The SMILES string of the molecule is COc1ccccc1-c1ccc(N2CCN(C(=O)Nc3ccc(F)cc3F)CC2)nn1. The maximum atomic E-state index is 13.8. The quantitative estimate of drug-likeness (QED) is 0.689. The number of urea groups is 1. The number of rotatable bonds is 4. The molecule has 1 fully saturated rings. The number of ether oxygens (including phenoxy) is 1. The summed E-state index contributed by atoms with van der Waals surface area (Å²) >= 11 is 0. The van der Waals surface area contributed by atoms with Crippen molar-refractivity contribution in [3.8, 4) is 17.0 Å². The number of hydrogen-bond acceptors (Lipinski definition) is 5. The van der Waals surface area contributed by atoms with Crippen molar-refractivity contribution >= 4 is 17.5 Å². The summed E-state index contributed by atoms with van der Waals surface area (Å²) in [7, 11) is 1.61. The van der Waals surface area contributed by atoms with Gasteiger partial charge in [0.2, 0.25) is 0 Å². The second-order valence-corrected chi connectivity index (χ2v) is 7.01. The van der Waals surface area contributed by atoms with E-state index in [-0.39, 0.29) is 5.69 Å². The minimum absolute atomic E-state index is 0.0494. The summed E-state index contributed by atoms with van der Waals surface area (Å²) in [4.78, 5) is 16.0. The average molecular weight is 425 g/mol. The Balaban J connectivity index is 1.37. The van der Waals surface area contributed by atoms with Gasteiger partial charge in [0.15, 0.2) is 5.82 Å². The van der Waals surface area contributed by atoms with Crippen LogP contribution >= 0.6 is 0 Å². The first-order valence-corrected chi connectivity index (χ1v) is 9.78. The number of amides is 2. The zero-order valence-corrected chi connectivity index (χ0v) is 16.9. The Labute approximate surface area is 178 Å². The van der Waals surface area contributed by atoms with Crippen molar-refractivity contribution in [1.82, 2.24) is 15.1 Å². The average Bonchev–Trinajstić information content (AvgIpc) is 2.81. The minimum atomic E-state index is -0.808. The van der Waals surface area contributed by atoms with Crippen LogP contribution in [0.4, 0.5) is 25.1 Å². The molecule has 0 saturated carbocycles. The zero-order chi connectivity index (χ0) is 21.8. The molecule has 160 valence electrons. The van der Waals surface area contributed by atoms with Gasteiger partial charge in [-0.15, -0.1) is 10.2 Å². The fourth-order valence-corrected chi connectivity index (χ4v) is 3.42. The van der Waals surface area contributed by atoms with E-state index in [2.05, 4.69) is 15.5 Å². The van der Waals surface area contributed by atoms with Crippen LogP contribution in [0, 0.1) is 11.6 Å². The molecule has 1 N–H and O–H groups in total. The summed E-state index contributed by atoms with van der Waals surface area (Å²) in [5, 5.41) is 11.1. The van der Waals surface area contributed by atoms with Crippen LogP contribution in [0.1, 0.15) is 0 Å². The number of hydrogen-bond donors (Lipinski definition) is 1. The summed E-state index contributed by atoms with van der Waals surface area (Å²) in [5.74, 6) is -0.0654. The molecule has 31 heavy (non-hydrogen) atoms. The molecule has 4 rings (SSSR count). The Morgan fingerprint density at radius 3 is 2.45 bits per heavy atom. The lowest BCUT2D eigenvalue weighted by Crippen LogP contribution is -2.50. The van der Waals surface area contributed by atoms with Gasteiger partial charge < -0.3 is 19.9 Å². The van der Waals surface area contributed by atoms with E-state index in [0.29, 0.717) is 37.7 Å². The number of carbonyl (C=O) groups excluding carboxylic acids is 1. The molecule has 9 heteroatoms. The second-order valence-electron chi connectivity index (χ2n) is 7.01. The molecule has 0 unspecified atom stereocenters. The van der Waals surface area contributed by atoms with Crippen molar-refractivity contribution < 1.29 is 18.3 Å². The molecule has 7 nitrogen and oxygen atoms in total. The number of anilines is 2. The van der Waals surface area contributed by atoms with Crippen molar-refractivity contribution in [2.24, 2.45) is 0 Å². The highest BCUT2D eigenvalue weighted by Crippen LogP contribution is 2.28. The summed E-state index contributed by atoms with van der Waals surface area (Å²) in [6, 6.07) is 14.0. The smallest absolute Gasteiger partial charge is 0.322 e. The molecule has 2 heterocycles. The van der Waals surface area contributed by atoms with E-state index in [1.54, 1.807) is 12.0 Å². The molecule has 0 radical (unpaired) electrons. The van der Waals surface area contributed by atoms with Crippen molar-refractivity contribution in [3.63, 3.8) is 0 Å². The number of halogens is 2. The Morgan fingerprint density at radius 1 is 1.00 bits per heavy atom. The highest BCUT2D eigenvalue weighted by Gasteiger charge is 2.23. The maximum Gasteiger partial charge on any atom is 0.322 e. The van der Waals surface area contributed by atoms with E-state index in [0.717, 1.165) is 23.4 Å². The standard InChI is InChI=1S/C22H21F2N5O2/c1-31-20-5-3-2-4-16(20)18-8-9-21(27-26-18)28-10-12-29(13-11-28)22(30)25-19-7-6-15(23)14-17(19)24/h2-9,14H,10-13H2,1H3,(H,25,30). The lowest BCUT2D eigenvalue weighted by Gasteiger charge is -2.35. The fourth-order valence-electron chi connectivity index (χ4n) is 3.42. The maximum absolute atomic E-state index is 13.8. The van der Waals surface area contributed by atoms with Gasteiger partial charge in [0.05, 0.1) is 18.5 Å². The van der Waals surface area contributed by atoms with E-state index in [1.807, 2.05) is 41.3 Å². The first kappa shape index (κ1) is 20.5. The van der Waals surface area contributed by atoms with Crippen LogP contribution in [0.15, 0.2) is 54.6 Å². The molecule has 1 saturated heterocycles. The van der Waals surface area contributed by atoms with Gasteiger partial charge in [0.1, 0.15) is 17.4 Å². The van der Waals surface area contributed by atoms with Crippen LogP contribution in [0.2, 0.25) is 0 Å². The molecule has 0 bridgehead atoms. The number of nitrogens with zero attached hydrogens (tertiary/aromatic N) is 4. The Bertz CT molecular complexity index is 1070. The summed E-state index contributed by atoms with van der Waals surface area (Å²) in [6.45, 7) is 1.99. The predicted molar refractivity (Wildman–Crippen MR) is 113 cm³/mol. The molecule has 1 aromatic heterocycles. The molecule has 0 spiro atoms. The van der Waals surface area contributed by atoms with E-state index >= 15 is 0 Å². The lowest BCUT2D eigenvalue weighted by atomic mass is 10.1. The third-order valence-corrected chi connectivity index (χ3v) is 5.10. The van der Waals surface area contributed by atoms with Crippen molar-refractivity contribution in [2.75, 3.05) is 43.5 Å². The zero-order valence-electron chi connectivity index (χ0n) is 16.9. The van der Waals surface area contributed by atoms with Crippen LogP contribution in [-0.4, -0.2) is 54.4 Å². The summed E-state index contributed by atoms with van der Waals surface area (Å²) < 4.78 is 32.1. The largest absolute Gasteiger partial charge is 0.496 e. The monoisotopic (exact) mass is 425 g/mol. The van der Waals surface area contributed by atoms with Crippen LogP contribution in [0.3, 0.4) is 0 Å². The number of para-hydroxylation sites is 1. The van der Waals surface area contributed by atoms with Gasteiger partial charge in [-0.05, 0) is 36.4 Å². The predicted octanol–water partition coefficient (Wildman–Crippen LogP) is 3.78. The summed E-state index contributed by atoms with van der Waals surface area (Å²) in [6.07, 6.45) is 0. The molecule has 3 aromatic rings. The molecular formula is C22H21F2N5O2. The van der Waals surface area contributed by atoms with Crippen molar-refractivity contribution in [2.45, 2.75) is 0 Å². The Morgan fingerprint density at radius 2 is 1.77 bits per heavy atom. The summed E-state index contributed by atoms with van der Waals surface area (Å²) in [5.41, 5.74) is 1.52. The van der Waals surface area contributed by atoms with E-state index < -0.39 is 17.7 Å². The molecule has 1 aliphatic rings. The second kappa shape index (κ2) is 8.95. The van der Waals surface area contributed by atoms with Gasteiger partial charge in [-0.2, -0.15) is 0 Å². The number of nitrogens with one attached hydrogen (secondary N) is 1. The van der Waals surface area contributed by atoms with Gasteiger partial charge in [0.25, 0.3) is 0 Å².